The summed E-state index contributed by atoms with van der Waals surface area (Å²) in [5.74, 6) is 0.146. The summed E-state index contributed by atoms with van der Waals surface area (Å²) in [7, 11) is 0. The van der Waals surface area contributed by atoms with Crippen LogP contribution in [0.25, 0.3) is 0 Å². The lowest BCUT2D eigenvalue weighted by atomic mass is 10.2. The molecule has 0 saturated carbocycles. The summed E-state index contributed by atoms with van der Waals surface area (Å²) in [6.07, 6.45) is 2.52. The van der Waals surface area contributed by atoms with Crippen LogP contribution in [0, 0.1) is 5.82 Å². The minimum Gasteiger partial charge on any atom is -0.362 e. The van der Waals surface area contributed by atoms with Gasteiger partial charge in [-0.05, 0) is 24.7 Å². The van der Waals surface area contributed by atoms with Crippen molar-refractivity contribution in [2.75, 3.05) is 11.9 Å². The van der Waals surface area contributed by atoms with Crippen molar-refractivity contribution in [2.24, 2.45) is 0 Å². The number of thiocarbonyl (C=S) groups is 1. The second-order valence-corrected chi connectivity index (χ2v) is 4.65. The summed E-state index contributed by atoms with van der Waals surface area (Å²) in [5, 5.41) is 10.6. The van der Waals surface area contributed by atoms with E-state index in [0.717, 1.165) is 13.0 Å². The Morgan fingerprint density at radius 3 is 2.95 bits per heavy atom. The van der Waals surface area contributed by atoms with Crippen LogP contribution in [0.1, 0.15) is 18.9 Å². The smallest absolute Gasteiger partial charge is 0.248 e. The average molecular weight is 293 g/mol. The average Bonchev–Trinajstić information content (AvgIpc) is 2.86. The quantitative estimate of drug-likeness (QED) is 0.827. The summed E-state index contributed by atoms with van der Waals surface area (Å²) >= 11 is 5.09. The maximum atomic E-state index is 13.5. The van der Waals surface area contributed by atoms with Gasteiger partial charge in [0, 0.05) is 12.1 Å². The van der Waals surface area contributed by atoms with Crippen LogP contribution in [0.2, 0.25) is 0 Å². The molecule has 0 amide bonds. The minimum atomic E-state index is -0.252. The molecular weight excluding hydrogens is 277 g/mol. The van der Waals surface area contributed by atoms with Crippen LogP contribution in [-0.2, 0) is 6.54 Å². The second-order valence-electron chi connectivity index (χ2n) is 4.24. The number of rotatable bonds is 5. The van der Waals surface area contributed by atoms with Gasteiger partial charge in [0.25, 0.3) is 0 Å². The van der Waals surface area contributed by atoms with Crippen molar-refractivity contribution in [1.29, 1.82) is 0 Å². The van der Waals surface area contributed by atoms with E-state index in [0.29, 0.717) is 23.2 Å². The number of hydrogen-bond donors (Lipinski definition) is 2. The van der Waals surface area contributed by atoms with Gasteiger partial charge in [0.2, 0.25) is 5.95 Å². The van der Waals surface area contributed by atoms with Gasteiger partial charge in [-0.15, -0.1) is 5.10 Å². The molecule has 1 aromatic heterocycles. The van der Waals surface area contributed by atoms with Crippen LogP contribution in [0.5, 0.6) is 0 Å². The molecule has 0 radical (unpaired) electrons. The normalized spacial score (nSPS) is 10.3. The van der Waals surface area contributed by atoms with E-state index in [1.165, 1.54) is 12.4 Å². The number of anilines is 1. The molecule has 0 atom stereocenters. The van der Waals surface area contributed by atoms with Gasteiger partial charge in [0.15, 0.2) is 5.11 Å². The van der Waals surface area contributed by atoms with Crippen molar-refractivity contribution >= 4 is 23.3 Å². The number of halogens is 1. The van der Waals surface area contributed by atoms with Gasteiger partial charge < -0.3 is 5.32 Å². The van der Waals surface area contributed by atoms with Gasteiger partial charge >= 0.3 is 0 Å². The Kier molecular flexibility index (Phi) is 5.00. The summed E-state index contributed by atoms with van der Waals surface area (Å²) < 4.78 is 15.1. The van der Waals surface area contributed by atoms with E-state index >= 15 is 0 Å². The summed E-state index contributed by atoms with van der Waals surface area (Å²) in [6, 6.07) is 6.59. The van der Waals surface area contributed by atoms with Crippen LogP contribution in [0.3, 0.4) is 0 Å². The Hall–Kier alpha value is -2.02. The van der Waals surface area contributed by atoms with Gasteiger partial charge in [-0.1, -0.05) is 25.1 Å². The molecule has 0 bridgehead atoms. The molecule has 20 heavy (non-hydrogen) atoms. The van der Waals surface area contributed by atoms with E-state index < -0.39 is 0 Å². The largest absolute Gasteiger partial charge is 0.362 e. The molecule has 1 heterocycles. The lowest BCUT2D eigenvalue weighted by Gasteiger charge is -2.06. The Bertz CT molecular complexity index is 584. The van der Waals surface area contributed by atoms with Gasteiger partial charge in [0.1, 0.15) is 12.1 Å². The van der Waals surface area contributed by atoms with Crippen molar-refractivity contribution in [3.8, 4) is 0 Å². The van der Waals surface area contributed by atoms with Crippen molar-refractivity contribution in [3.63, 3.8) is 0 Å². The molecule has 106 valence electrons. The van der Waals surface area contributed by atoms with Crippen LogP contribution in [0.4, 0.5) is 10.3 Å². The number of benzene rings is 1. The molecule has 2 rings (SSSR count). The van der Waals surface area contributed by atoms with E-state index in [9.17, 15) is 4.39 Å². The van der Waals surface area contributed by atoms with E-state index in [1.807, 2.05) is 0 Å². The molecule has 5 nitrogen and oxygen atoms in total. The molecule has 0 saturated heterocycles. The molecule has 0 unspecified atom stereocenters. The van der Waals surface area contributed by atoms with E-state index in [2.05, 4.69) is 27.6 Å². The monoisotopic (exact) mass is 293 g/mol. The Morgan fingerprint density at radius 2 is 2.20 bits per heavy atom. The number of aromatic nitrogens is 3. The lowest BCUT2D eigenvalue weighted by Crippen LogP contribution is -2.29. The van der Waals surface area contributed by atoms with Crippen LogP contribution < -0.4 is 10.6 Å². The van der Waals surface area contributed by atoms with E-state index in [-0.39, 0.29) is 5.82 Å². The van der Waals surface area contributed by atoms with Crippen molar-refractivity contribution in [1.82, 2.24) is 20.1 Å². The number of nitrogens with zero attached hydrogens (tertiary/aromatic N) is 3. The maximum absolute atomic E-state index is 13.5. The maximum Gasteiger partial charge on any atom is 0.248 e. The molecule has 0 aliphatic heterocycles. The fourth-order valence-electron chi connectivity index (χ4n) is 1.61. The molecule has 7 heteroatoms. The predicted octanol–water partition coefficient (Wildman–Crippen LogP) is 2.16. The summed E-state index contributed by atoms with van der Waals surface area (Å²) in [4.78, 5) is 4.08. The first-order valence-corrected chi connectivity index (χ1v) is 6.77. The van der Waals surface area contributed by atoms with E-state index in [1.54, 1.807) is 22.9 Å². The molecule has 0 aliphatic carbocycles. The van der Waals surface area contributed by atoms with Crippen LogP contribution in [0.15, 0.2) is 30.6 Å². The highest BCUT2D eigenvalue weighted by Gasteiger charge is 2.05. The molecule has 2 N–H and O–H groups in total. The molecule has 0 aliphatic rings. The zero-order valence-corrected chi connectivity index (χ0v) is 12.0. The van der Waals surface area contributed by atoms with Gasteiger partial charge in [-0.2, -0.15) is 0 Å². The highest BCUT2D eigenvalue weighted by atomic mass is 32.1. The topological polar surface area (TPSA) is 54.8 Å². The van der Waals surface area contributed by atoms with Crippen LogP contribution in [-0.4, -0.2) is 26.4 Å². The highest BCUT2D eigenvalue weighted by molar-refractivity contribution is 7.80. The first-order chi connectivity index (χ1) is 9.69. The first-order valence-electron chi connectivity index (χ1n) is 6.36. The molecule has 0 spiro atoms. The zero-order chi connectivity index (χ0) is 14.4. The minimum absolute atomic E-state index is 0.252. The first kappa shape index (κ1) is 14.4. The summed E-state index contributed by atoms with van der Waals surface area (Å²) in [5.41, 5.74) is 0.565. The third-order valence-corrected chi connectivity index (χ3v) is 2.83. The number of hydrogen-bond acceptors (Lipinski definition) is 3. The van der Waals surface area contributed by atoms with Gasteiger partial charge in [0.05, 0.1) is 6.54 Å². The third-order valence-electron chi connectivity index (χ3n) is 2.59. The second kappa shape index (κ2) is 6.95. The zero-order valence-electron chi connectivity index (χ0n) is 11.1. The Balaban J connectivity index is 1.96. The lowest BCUT2D eigenvalue weighted by molar-refractivity contribution is 0.585. The predicted molar refractivity (Wildman–Crippen MR) is 80.0 cm³/mol. The third kappa shape index (κ3) is 3.99. The summed E-state index contributed by atoms with van der Waals surface area (Å²) in [6.45, 7) is 3.18. The van der Waals surface area contributed by atoms with E-state index in [4.69, 9.17) is 12.2 Å². The Morgan fingerprint density at radius 1 is 1.40 bits per heavy atom. The van der Waals surface area contributed by atoms with Gasteiger partial charge in [-0.25, -0.2) is 14.1 Å². The fourth-order valence-corrected chi connectivity index (χ4v) is 1.81. The van der Waals surface area contributed by atoms with Crippen molar-refractivity contribution in [3.05, 3.63) is 42.0 Å². The molecule has 0 fully saturated rings. The number of nitrogens with one attached hydrogen (secondary N) is 2. The fraction of sp³-hybridized carbons (Fsp3) is 0.308. The van der Waals surface area contributed by atoms with Crippen molar-refractivity contribution in [2.45, 2.75) is 19.9 Å². The van der Waals surface area contributed by atoms with Gasteiger partial charge in [-0.3, -0.25) is 5.32 Å². The highest BCUT2D eigenvalue weighted by Crippen LogP contribution is 2.08. The molecule has 2 aromatic rings. The van der Waals surface area contributed by atoms with Crippen LogP contribution >= 0.6 is 12.2 Å². The van der Waals surface area contributed by atoms with Crippen molar-refractivity contribution < 1.29 is 4.39 Å². The standard InChI is InChI=1S/C13H16FN5S/c1-2-7-15-13(20)17-12-16-9-19(18-12)8-10-5-3-4-6-11(10)14/h3-6,9H,2,7-8H2,1H3,(H2,15,17,18,20). The molecule has 1 aromatic carbocycles. The molecular formula is C13H16FN5S. The SMILES string of the molecule is CCCNC(=S)Nc1ncn(Cc2ccccc2F)n1. The Labute approximate surface area is 122 Å².